The molecule has 1 saturated heterocycles. The molecule has 0 saturated carbocycles. The van der Waals surface area contributed by atoms with Crippen molar-refractivity contribution in [2.24, 2.45) is 0 Å². The van der Waals surface area contributed by atoms with Crippen LogP contribution in [0, 0.1) is 13.8 Å². The van der Waals surface area contributed by atoms with E-state index in [-0.39, 0.29) is 0 Å². The molecule has 0 aliphatic carbocycles. The molecule has 2 rings (SSSR count). The van der Waals surface area contributed by atoms with E-state index >= 15 is 0 Å². The Morgan fingerprint density at radius 2 is 2.20 bits per heavy atom. The number of rotatable bonds is 7. The van der Waals surface area contributed by atoms with Gasteiger partial charge in [0.1, 0.15) is 0 Å². The van der Waals surface area contributed by atoms with Crippen molar-refractivity contribution in [3.63, 3.8) is 0 Å². The summed E-state index contributed by atoms with van der Waals surface area (Å²) < 4.78 is 5.75. The maximum absolute atomic E-state index is 5.75. The Labute approximate surface area is 123 Å². The number of hydrogen-bond donors (Lipinski definition) is 1. The highest BCUT2D eigenvalue weighted by Gasteiger charge is 2.18. The van der Waals surface area contributed by atoms with E-state index in [0.29, 0.717) is 12.1 Å². The van der Waals surface area contributed by atoms with Gasteiger partial charge in [0.05, 0.1) is 6.10 Å². The van der Waals surface area contributed by atoms with Crippen molar-refractivity contribution in [2.75, 3.05) is 13.2 Å². The first-order valence-corrected chi connectivity index (χ1v) is 8.10. The minimum absolute atomic E-state index is 0.509. The minimum Gasteiger partial charge on any atom is -0.378 e. The molecule has 1 aromatic rings. The predicted molar refractivity (Wildman–Crippen MR) is 85.3 cm³/mol. The molecule has 1 aliphatic rings. The van der Waals surface area contributed by atoms with Crippen molar-refractivity contribution in [1.29, 1.82) is 0 Å². The zero-order chi connectivity index (χ0) is 14.4. The van der Waals surface area contributed by atoms with Crippen LogP contribution in [0.15, 0.2) is 18.2 Å². The average Bonchev–Trinajstić information content (AvgIpc) is 2.93. The first-order valence-electron chi connectivity index (χ1n) is 8.10. The second-order valence-corrected chi connectivity index (χ2v) is 6.10. The lowest BCUT2D eigenvalue weighted by Crippen LogP contribution is -2.32. The van der Waals surface area contributed by atoms with Crippen molar-refractivity contribution < 1.29 is 4.74 Å². The normalized spacial score (nSPS) is 20.2. The average molecular weight is 275 g/mol. The monoisotopic (exact) mass is 275 g/mol. The van der Waals surface area contributed by atoms with Crippen LogP contribution in [0.4, 0.5) is 0 Å². The quantitative estimate of drug-likeness (QED) is 0.817. The fourth-order valence-electron chi connectivity index (χ4n) is 3.11. The van der Waals surface area contributed by atoms with Gasteiger partial charge >= 0.3 is 0 Å². The van der Waals surface area contributed by atoms with Crippen molar-refractivity contribution in [1.82, 2.24) is 5.32 Å². The van der Waals surface area contributed by atoms with Crippen molar-refractivity contribution in [3.8, 4) is 0 Å². The molecule has 1 aromatic carbocycles. The Hall–Kier alpha value is -0.860. The van der Waals surface area contributed by atoms with Crippen LogP contribution in [0.1, 0.15) is 49.3 Å². The molecule has 0 bridgehead atoms. The first-order chi connectivity index (χ1) is 9.69. The number of benzene rings is 1. The van der Waals surface area contributed by atoms with Crippen LogP contribution in [0.3, 0.4) is 0 Å². The van der Waals surface area contributed by atoms with Crippen LogP contribution in [-0.4, -0.2) is 25.3 Å². The zero-order valence-corrected chi connectivity index (χ0v) is 13.2. The van der Waals surface area contributed by atoms with E-state index in [1.165, 1.54) is 42.4 Å². The summed E-state index contributed by atoms with van der Waals surface area (Å²) >= 11 is 0. The molecule has 0 amide bonds. The van der Waals surface area contributed by atoms with Crippen LogP contribution in [0.2, 0.25) is 0 Å². The molecular weight excluding hydrogens is 246 g/mol. The van der Waals surface area contributed by atoms with Gasteiger partial charge in [-0.25, -0.2) is 0 Å². The van der Waals surface area contributed by atoms with E-state index in [9.17, 15) is 0 Å². The van der Waals surface area contributed by atoms with Gasteiger partial charge in [-0.1, -0.05) is 30.7 Å². The summed E-state index contributed by atoms with van der Waals surface area (Å²) in [6.07, 6.45) is 6.55. The largest absolute Gasteiger partial charge is 0.378 e. The number of likely N-dealkylation sites (N-methyl/N-ethyl adjacent to an activating group) is 1. The lowest BCUT2D eigenvalue weighted by Gasteiger charge is -2.21. The van der Waals surface area contributed by atoms with Gasteiger partial charge in [0.15, 0.2) is 0 Å². The van der Waals surface area contributed by atoms with Crippen LogP contribution in [-0.2, 0) is 11.2 Å². The Morgan fingerprint density at radius 1 is 1.35 bits per heavy atom. The summed E-state index contributed by atoms with van der Waals surface area (Å²) in [5.41, 5.74) is 4.26. The summed E-state index contributed by atoms with van der Waals surface area (Å²) in [5.74, 6) is 0. The fourth-order valence-corrected chi connectivity index (χ4v) is 3.11. The maximum Gasteiger partial charge on any atom is 0.0576 e. The predicted octanol–water partition coefficient (Wildman–Crippen LogP) is 3.78. The summed E-state index contributed by atoms with van der Waals surface area (Å²) in [7, 11) is 0. The highest BCUT2D eigenvalue weighted by molar-refractivity contribution is 5.31. The molecule has 1 N–H and O–H groups in total. The summed E-state index contributed by atoms with van der Waals surface area (Å²) in [4.78, 5) is 0. The van der Waals surface area contributed by atoms with Crippen molar-refractivity contribution in [3.05, 3.63) is 34.9 Å². The molecule has 0 aromatic heterocycles. The summed E-state index contributed by atoms with van der Waals surface area (Å²) in [6.45, 7) is 8.60. The van der Waals surface area contributed by atoms with Gasteiger partial charge in [-0.2, -0.15) is 0 Å². The lowest BCUT2D eigenvalue weighted by atomic mass is 9.95. The molecule has 2 heteroatoms. The smallest absolute Gasteiger partial charge is 0.0576 e. The zero-order valence-electron chi connectivity index (χ0n) is 13.2. The lowest BCUT2D eigenvalue weighted by molar-refractivity contribution is 0.0996. The fraction of sp³-hybridized carbons (Fsp3) is 0.667. The summed E-state index contributed by atoms with van der Waals surface area (Å²) in [5, 5.41) is 3.65. The van der Waals surface area contributed by atoms with Gasteiger partial charge in [0, 0.05) is 12.6 Å². The van der Waals surface area contributed by atoms with Crippen molar-refractivity contribution >= 4 is 0 Å². The van der Waals surface area contributed by atoms with E-state index in [0.717, 1.165) is 19.6 Å². The molecule has 0 radical (unpaired) electrons. The molecule has 2 unspecified atom stereocenters. The topological polar surface area (TPSA) is 21.3 Å². The third kappa shape index (κ3) is 4.60. The second kappa shape index (κ2) is 7.80. The third-order valence-corrected chi connectivity index (χ3v) is 4.32. The minimum atomic E-state index is 0.509. The SMILES string of the molecule is CCNC(CCC1CCCO1)Cc1cc(C)ccc1C. The molecule has 1 aliphatic heterocycles. The molecule has 2 nitrogen and oxygen atoms in total. The highest BCUT2D eigenvalue weighted by Crippen LogP contribution is 2.20. The van der Waals surface area contributed by atoms with Gasteiger partial charge in [-0.05, 0) is 63.6 Å². The standard InChI is InChI=1S/C18H29NO/c1-4-19-17(9-10-18-6-5-11-20-18)13-16-12-14(2)7-8-15(16)3/h7-8,12,17-19H,4-6,9-11,13H2,1-3H3. The number of ether oxygens (including phenoxy) is 1. The van der Waals surface area contributed by atoms with Crippen LogP contribution in [0.5, 0.6) is 0 Å². The van der Waals surface area contributed by atoms with Gasteiger partial charge < -0.3 is 10.1 Å². The molecular formula is C18H29NO. The van der Waals surface area contributed by atoms with E-state index < -0.39 is 0 Å². The Balaban J connectivity index is 1.91. The van der Waals surface area contributed by atoms with Gasteiger partial charge in [-0.3, -0.25) is 0 Å². The van der Waals surface area contributed by atoms with Gasteiger partial charge in [0.2, 0.25) is 0 Å². The maximum atomic E-state index is 5.75. The van der Waals surface area contributed by atoms with E-state index in [1.807, 2.05) is 0 Å². The van der Waals surface area contributed by atoms with E-state index in [4.69, 9.17) is 4.74 Å². The van der Waals surface area contributed by atoms with Gasteiger partial charge in [-0.15, -0.1) is 0 Å². The van der Waals surface area contributed by atoms with Crippen molar-refractivity contribution in [2.45, 2.75) is 65.0 Å². The third-order valence-electron chi connectivity index (χ3n) is 4.32. The van der Waals surface area contributed by atoms with Crippen LogP contribution in [0.25, 0.3) is 0 Å². The number of aryl methyl sites for hydroxylation is 2. The highest BCUT2D eigenvalue weighted by atomic mass is 16.5. The second-order valence-electron chi connectivity index (χ2n) is 6.10. The molecule has 2 atom stereocenters. The Morgan fingerprint density at radius 3 is 2.90 bits per heavy atom. The molecule has 20 heavy (non-hydrogen) atoms. The molecule has 112 valence electrons. The molecule has 1 fully saturated rings. The molecule has 1 heterocycles. The first kappa shape index (κ1) is 15.5. The summed E-state index contributed by atoms with van der Waals surface area (Å²) in [6, 6.07) is 7.36. The number of hydrogen-bond acceptors (Lipinski definition) is 2. The Bertz CT molecular complexity index is 410. The van der Waals surface area contributed by atoms with Crippen LogP contribution < -0.4 is 5.32 Å². The van der Waals surface area contributed by atoms with Crippen LogP contribution >= 0.6 is 0 Å². The van der Waals surface area contributed by atoms with Gasteiger partial charge in [0.25, 0.3) is 0 Å². The van der Waals surface area contributed by atoms with E-state index in [2.05, 4.69) is 44.3 Å². The van der Waals surface area contributed by atoms with E-state index in [1.54, 1.807) is 0 Å². The molecule has 0 spiro atoms. The Kier molecular flexibility index (Phi) is 6.06. The number of nitrogens with one attached hydrogen (secondary N) is 1.